The van der Waals surface area contributed by atoms with Crippen LogP contribution in [0.5, 0.6) is 0 Å². The van der Waals surface area contributed by atoms with Gasteiger partial charge in [-0.25, -0.2) is 0 Å². The molecule has 1 aliphatic heterocycles. The second-order valence-electron chi connectivity index (χ2n) is 4.62. The van der Waals surface area contributed by atoms with Crippen molar-refractivity contribution in [2.75, 3.05) is 26.7 Å². The van der Waals surface area contributed by atoms with Gasteiger partial charge in [0.1, 0.15) is 0 Å². The lowest BCUT2D eigenvalue weighted by atomic mass is 10.1. The van der Waals surface area contributed by atoms with E-state index in [1.807, 2.05) is 16.8 Å². The smallest absolute Gasteiger partial charge is 0.225 e. The lowest BCUT2D eigenvalue weighted by Gasteiger charge is -2.19. The molecule has 1 aliphatic rings. The minimum atomic E-state index is -0.559. The molecule has 2 N–H and O–H groups in total. The maximum Gasteiger partial charge on any atom is 0.225 e. The zero-order valence-electron chi connectivity index (χ0n) is 10.0. The van der Waals surface area contributed by atoms with Gasteiger partial charge in [-0.3, -0.25) is 10.2 Å². The third-order valence-electron chi connectivity index (χ3n) is 2.88. The van der Waals surface area contributed by atoms with Crippen molar-refractivity contribution in [3.05, 3.63) is 0 Å². The summed E-state index contributed by atoms with van der Waals surface area (Å²) >= 11 is 0. The van der Waals surface area contributed by atoms with Gasteiger partial charge < -0.3 is 14.9 Å². The molecule has 5 nitrogen and oxygen atoms in total. The van der Waals surface area contributed by atoms with Crippen LogP contribution in [0, 0.1) is 11.3 Å². The Balaban J connectivity index is 2.34. The molecule has 2 atom stereocenters. The average Bonchev–Trinajstić information content (AvgIpc) is 2.65. The van der Waals surface area contributed by atoms with Gasteiger partial charge in [-0.05, 0) is 19.3 Å². The topological polar surface area (TPSA) is 67.6 Å². The lowest BCUT2D eigenvalue weighted by Crippen LogP contribution is -2.32. The van der Waals surface area contributed by atoms with Crippen molar-refractivity contribution >= 4 is 12.2 Å². The standard InChI is InChI=1S/C11H21N3O2/c1-9(15)5-11(16)14-4-3-10(7-14)6-13(2)8-12/h8-10,12,15H,3-7H2,1-2H3. The highest BCUT2D eigenvalue weighted by molar-refractivity contribution is 5.76. The number of hydrogen-bond donors (Lipinski definition) is 2. The van der Waals surface area contributed by atoms with E-state index in [2.05, 4.69) is 0 Å². The molecule has 1 heterocycles. The molecule has 92 valence electrons. The first-order valence-corrected chi connectivity index (χ1v) is 5.69. The fourth-order valence-electron chi connectivity index (χ4n) is 2.05. The predicted molar refractivity (Wildman–Crippen MR) is 62.4 cm³/mol. The number of nitrogens with zero attached hydrogens (tertiary/aromatic N) is 2. The molecule has 0 aromatic heterocycles. The SMILES string of the molecule is CC(O)CC(=O)N1CCC(CN(C)C=N)C1. The predicted octanol–water partition coefficient (Wildman–Crippen LogP) is 0.145. The number of aliphatic hydroxyl groups is 1. The number of likely N-dealkylation sites (tertiary alicyclic amines) is 1. The largest absolute Gasteiger partial charge is 0.393 e. The van der Waals surface area contributed by atoms with Crippen molar-refractivity contribution < 1.29 is 9.90 Å². The van der Waals surface area contributed by atoms with Gasteiger partial charge in [-0.2, -0.15) is 0 Å². The summed E-state index contributed by atoms with van der Waals surface area (Å²) in [5.74, 6) is 0.486. The minimum absolute atomic E-state index is 0.0370. The first-order chi connectivity index (χ1) is 7.52. The van der Waals surface area contributed by atoms with Crippen molar-refractivity contribution in [1.82, 2.24) is 9.80 Å². The van der Waals surface area contributed by atoms with Crippen molar-refractivity contribution in [3.63, 3.8) is 0 Å². The fourth-order valence-corrected chi connectivity index (χ4v) is 2.05. The van der Waals surface area contributed by atoms with Crippen LogP contribution in [0.4, 0.5) is 0 Å². The van der Waals surface area contributed by atoms with E-state index in [0.717, 1.165) is 26.1 Å². The Morgan fingerprint density at radius 3 is 3.00 bits per heavy atom. The summed E-state index contributed by atoms with van der Waals surface area (Å²) in [6.07, 6.45) is 1.95. The van der Waals surface area contributed by atoms with E-state index in [-0.39, 0.29) is 12.3 Å². The van der Waals surface area contributed by atoms with Gasteiger partial charge in [0.2, 0.25) is 5.91 Å². The molecule has 1 rings (SSSR count). The lowest BCUT2D eigenvalue weighted by molar-refractivity contribution is -0.132. The van der Waals surface area contributed by atoms with Gasteiger partial charge in [-0.1, -0.05) is 0 Å². The number of carbonyl (C=O) groups excluding carboxylic acids is 1. The van der Waals surface area contributed by atoms with Crippen molar-refractivity contribution in [1.29, 1.82) is 5.41 Å². The van der Waals surface area contributed by atoms with E-state index in [4.69, 9.17) is 10.5 Å². The second-order valence-corrected chi connectivity index (χ2v) is 4.62. The average molecular weight is 227 g/mol. The zero-order chi connectivity index (χ0) is 12.1. The monoisotopic (exact) mass is 227 g/mol. The van der Waals surface area contributed by atoms with Gasteiger partial charge in [0.25, 0.3) is 0 Å². The van der Waals surface area contributed by atoms with Gasteiger partial charge in [0, 0.05) is 26.7 Å². The first-order valence-electron chi connectivity index (χ1n) is 5.69. The number of rotatable bonds is 5. The Morgan fingerprint density at radius 1 is 1.75 bits per heavy atom. The van der Waals surface area contributed by atoms with Crippen molar-refractivity contribution in [2.24, 2.45) is 5.92 Å². The fraction of sp³-hybridized carbons (Fsp3) is 0.818. The number of amides is 1. The number of carbonyl (C=O) groups is 1. The highest BCUT2D eigenvalue weighted by atomic mass is 16.3. The summed E-state index contributed by atoms with van der Waals surface area (Å²) < 4.78 is 0. The molecule has 16 heavy (non-hydrogen) atoms. The van der Waals surface area contributed by atoms with Crippen molar-refractivity contribution in [3.8, 4) is 0 Å². The zero-order valence-corrected chi connectivity index (χ0v) is 10.0. The molecule has 2 unspecified atom stereocenters. The molecule has 0 saturated carbocycles. The third-order valence-corrected chi connectivity index (χ3v) is 2.88. The number of hydrogen-bond acceptors (Lipinski definition) is 3. The van der Waals surface area contributed by atoms with E-state index in [1.54, 1.807) is 6.92 Å². The molecule has 0 bridgehead atoms. The molecule has 1 fully saturated rings. The van der Waals surface area contributed by atoms with E-state index >= 15 is 0 Å². The molecule has 0 spiro atoms. The van der Waals surface area contributed by atoms with E-state index in [9.17, 15) is 4.79 Å². The Morgan fingerprint density at radius 2 is 2.44 bits per heavy atom. The van der Waals surface area contributed by atoms with Crippen LogP contribution in [0.3, 0.4) is 0 Å². The molecule has 0 radical (unpaired) electrons. The van der Waals surface area contributed by atoms with Crippen LogP contribution < -0.4 is 0 Å². The maximum atomic E-state index is 11.7. The molecular formula is C11H21N3O2. The first kappa shape index (κ1) is 13.0. The number of nitrogens with one attached hydrogen (secondary N) is 1. The summed E-state index contributed by atoms with van der Waals surface area (Å²) in [6.45, 7) is 3.99. The number of aliphatic hydroxyl groups excluding tert-OH is 1. The highest BCUT2D eigenvalue weighted by Gasteiger charge is 2.26. The molecular weight excluding hydrogens is 206 g/mol. The summed E-state index contributed by atoms with van der Waals surface area (Å²) in [6, 6.07) is 0. The highest BCUT2D eigenvalue weighted by Crippen LogP contribution is 2.17. The van der Waals surface area contributed by atoms with Gasteiger partial charge in [0.15, 0.2) is 0 Å². The van der Waals surface area contributed by atoms with Crippen LogP contribution in [0.2, 0.25) is 0 Å². The maximum absolute atomic E-state index is 11.7. The molecule has 0 aromatic carbocycles. The Labute approximate surface area is 96.5 Å². The summed E-state index contributed by atoms with van der Waals surface area (Å²) in [5, 5.41) is 16.2. The summed E-state index contributed by atoms with van der Waals surface area (Å²) in [5.41, 5.74) is 0. The second kappa shape index (κ2) is 5.84. The molecule has 5 heteroatoms. The molecule has 0 aromatic rings. The van der Waals surface area contributed by atoms with Gasteiger partial charge in [-0.15, -0.1) is 0 Å². The molecule has 0 aliphatic carbocycles. The van der Waals surface area contributed by atoms with Gasteiger partial charge in [0.05, 0.1) is 18.9 Å². The molecule has 1 saturated heterocycles. The molecule has 1 amide bonds. The summed E-state index contributed by atoms with van der Waals surface area (Å²) in [4.78, 5) is 15.3. The van der Waals surface area contributed by atoms with Crippen LogP contribution in [0.25, 0.3) is 0 Å². The van der Waals surface area contributed by atoms with Crippen LogP contribution in [-0.2, 0) is 4.79 Å². The van der Waals surface area contributed by atoms with Crippen molar-refractivity contribution in [2.45, 2.75) is 25.9 Å². The van der Waals surface area contributed by atoms with E-state index in [0.29, 0.717) is 5.92 Å². The van der Waals surface area contributed by atoms with E-state index in [1.165, 1.54) is 6.34 Å². The quantitative estimate of drug-likeness (QED) is 0.519. The van der Waals surface area contributed by atoms with Crippen LogP contribution in [-0.4, -0.2) is 59.9 Å². The minimum Gasteiger partial charge on any atom is -0.393 e. The third kappa shape index (κ3) is 3.81. The Kier molecular flexibility index (Phi) is 4.73. The summed E-state index contributed by atoms with van der Waals surface area (Å²) in [7, 11) is 1.87. The van der Waals surface area contributed by atoms with Crippen LogP contribution in [0.15, 0.2) is 0 Å². The van der Waals surface area contributed by atoms with Gasteiger partial charge >= 0.3 is 0 Å². The van der Waals surface area contributed by atoms with Crippen LogP contribution in [0.1, 0.15) is 19.8 Å². The van der Waals surface area contributed by atoms with Crippen LogP contribution >= 0.6 is 0 Å². The Bertz CT molecular complexity index is 256. The van der Waals surface area contributed by atoms with E-state index < -0.39 is 6.10 Å². The Hall–Kier alpha value is -1.10. The normalized spacial score (nSPS) is 21.9.